The molecule has 0 aromatic rings. The van der Waals surface area contributed by atoms with Crippen molar-refractivity contribution in [3.63, 3.8) is 0 Å². The van der Waals surface area contributed by atoms with E-state index in [4.69, 9.17) is 34.3 Å². The second-order valence-electron chi connectivity index (χ2n) is 6.57. The number of carbonyl (C=O) groups is 2. The molecule has 0 aromatic carbocycles. The summed E-state index contributed by atoms with van der Waals surface area (Å²) in [5.41, 5.74) is 0. The largest absolute Gasteiger partial charge is 0.481 e. The fourth-order valence-electron chi connectivity index (χ4n) is 1.64. The summed E-state index contributed by atoms with van der Waals surface area (Å²) in [6, 6.07) is 0. The third-order valence-electron chi connectivity index (χ3n) is 3.31. The molecule has 0 spiro atoms. The van der Waals surface area contributed by atoms with E-state index in [0.29, 0.717) is 23.9 Å². The van der Waals surface area contributed by atoms with Crippen LogP contribution < -0.4 is 0 Å². The molecule has 1 heterocycles. The highest BCUT2D eigenvalue weighted by Gasteiger charge is 2.22. The van der Waals surface area contributed by atoms with Crippen LogP contribution in [0.4, 0.5) is 0 Å². The van der Waals surface area contributed by atoms with Gasteiger partial charge in [0.25, 0.3) is 0 Å². The summed E-state index contributed by atoms with van der Waals surface area (Å²) in [4.78, 5) is 19.8. The number of thioether (sulfide) groups is 1. The lowest BCUT2D eigenvalue weighted by molar-refractivity contribution is -0.137. The van der Waals surface area contributed by atoms with E-state index in [-0.39, 0.29) is 89.9 Å². The fourth-order valence-corrected chi connectivity index (χ4v) is 2.68. The number of aliphatic hydroxyl groups excluding tert-OH is 3. The summed E-state index contributed by atoms with van der Waals surface area (Å²) in [5, 5.41) is 43.7. The quantitative estimate of drug-likeness (QED) is 0.0570. The second kappa shape index (κ2) is 41.8. The van der Waals surface area contributed by atoms with Gasteiger partial charge >= 0.3 is 11.9 Å². The molecular weight excluding hydrogens is 556 g/mol. The Hall–Kier alpha value is -0.680. The van der Waals surface area contributed by atoms with Crippen molar-refractivity contribution >= 4 is 36.3 Å². The number of hydrogen-bond acceptors (Lipinski definition) is 12. The maximum absolute atomic E-state index is 10.2. The van der Waals surface area contributed by atoms with Crippen LogP contribution in [0.2, 0.25) is 0 Å². The van der Waals surface area contributed by atoms with Gasteiger partial charge < -0.3 is 49.2 Å². The number of carboxylic acid groups (broad SMARTS) is 2. The van der Waals surface area contributed by atoms with Crippen LogP contribution in [0, 0.1) is 0 Å². The van der Waals surface area contributed by atoms with Gasteiger partial charge in [-0.2, -0.15) is 24.4 Å². The average molecular weight is 619 g/mol. The number of hydrogen-bond donors (Lipinski definition) is 6. The first-order valence-electron chi connectivity index (χ1n) is 10.1. The van der Waals surface area contributed by atoms with Crippen molar-refractivity contribution in [3.05, 3.63) is 0 Å². The Kier molecular flexibility index (Phi) is 62.2. The molecule has 12 nitrogen and oxygen atoms in total. The molecule has 0 aromatic heterocycles. The molecule has 1 aliphatic heterocycles. The molecular formula is C25H62O12S2. The molecule has 1 rings (SSSR count). The summed E-state index contributed by atoms with van der Waals surface area (Å²) in [6.45, 7) is 1.99. The van der Waals surface area contributed by atoms with Gasteiger partial charge in [0.1, 0.15) is 12.2 Å². The molecule has 246 valence electrons. The molecule has 0 aliphatic carbocycles. The van der Waals surface area contributed by atoms with Crippen LogP contribution >= 0.6 is 24.4 Å². The predicted molar refractivity (Wildman–Crippen MR) is 164 cm³/mol. The number of ether oxygens (including phenoxy) is 5. The SMILES string of the molecule is C.C.C.C.C.C.COC(O)COCC1CO1.COCC(O)COCC(O)CSCCC(=O)O.O=C(O)CCS. The van der Waals surface area contributed by atoms with Crippen LogP contribution in [0.25, 0.3) is 0 Å². The van der Waals surface area contributed by atoms with Crippen molar-refractivity contribution < 1.29 is 58.8 Å². The maximum atomic E-state index is 10.2. The molecule has 1 saturated heterocycles. The Labute approximate surface area is 248 Å². The van der Waals surface area contributed by atoms with Gasteiger partial charge in [0.15, 0.2) is 6.29 Å². The molecule has 4 atom stereocenters. The van der Waals surface area contributed by atoms with Crippen molar-refractivity contribution in [2.75, 3.05) is 71.1 Å². The molecule has 4 unspecified atom stereocenters. The van der Waals surface area contributed by atoms with Gasteiger partial charge in [-0.25, -0.2) is 0 Å². The summed E-state index contributed by atoms with van der Waals surface area (Å²) < 4.78 is 24.2. The third kappa shape index (κ3) is 54.2. The number of rotatable bonds is 18. The number of aliphatic carboxylic acids is 2. The molecule has 5 N–H and O–H groups in total. The van der Waals surface area contributed by atoms with E-state index in [1.54, 1.807) is 0 Å². The van der Waals surface area contributed by atoms with E-state index in [2.05, 4.69) is 17.4 Å². The molecule has 0 bridgehead atoms. The summed E-state index contributed by atoms with van der Waals surface area (Å²) in [7, 11) is 2.92. The highest BCUT2D eigenvalue weighted by atomic mass is 32.2. The lowest BCUT2D eigenvalue weighted by Gasteiger charge is -2.13. The Bertz CT molecular complexity index is 472. The monoisotopic (exact) mass is 618 g/mol. The standard InChI is InChI=1S/C10H20O6S.C6H12O4.C3H6O2S.6CH4/c1-15-4-8(11)5-16-6-9(12)7-17-3-2-10(13)14;1-8-6(7)4-9-2-5-3-10-5;4-3(5)1-2-6;;;;;;/h8-9,11-12H,2-7H2,1H3,(H,13,14);5-7H,2-4H2,1H3;6H,1-2H2,(H,4,5);6*1H4. The first-order valence-corrected chi connectivity index (χ1v) is 11.9. The molecule has 0 amide bonds. The molecule has 1 aliphatic rings. The highest BCUT2D eigenvalue weighted by Crippen LogP contribution is 2.08. The number of thiol groups is 1. The Morgan fingerprint density at radius 1 is 0.872 bits per heavy atom. The first kappa shape index (κ1) is 58.1. The minimum Gasteiger partial charge on any atom is -0.481 e. The second-order valence-corrected chi connectivity index (χ2v) is 8.17. The Morgan fingerprint density at radius 3 is 1.77 bits per heavy atom. The highest BCUT2D eigenvalue weighted by molar-refractivity contribution is 7.99. The summed E-state index contributed by atoms with van der Waals surface area (Å²) in [5.74, 6) is -0.308. The van der Waals surface area contributed by atoms with Gasteiger partial charge in [-0.05, 0) is 0 Å². The lowest BCUT2D eigenvalue weighted by Crippen LogP contribution is -2.25. The molecule has 14 heteroatoms. The zero-order chi connectivity index (χ0) is 25.5. The van der Waals surface area contributed by atoms with Crippen LogP contribution in [0.5, 0.6) is 0 Å². The normalized spacial score (nSPS) is 14.4. The van der Waals surface area contributed by atoms with Gasteiger partial charge in [-0.15, -0.1) is 0 Å². The smallest absolute Gasteiger partial charge is 0.304 e. The van der Waals surface area contributed by atoms with E-state index in [0.717, 1.165) is 6.61 Å². The first-order chi connectivity index (χ1) is 15.7. The molecule has 0 radical (unpaired) electrons. The molecule has 1 fully saturated rings. The average Bonchev–Trinajstić information content (AvgIpc) is 3.56. The van der Waals surface area contributed by atoms with Gasteiger partial charge in [0, 0.05) is 31.5 Å². The minimum atomic E-state index is -0.842. The summed E-state index contributed by atoms with van der Waals surface area (Å²) >= 11 is 5.04. The Morgan fingerprint density at radius 2 is 1.38 bits per heavy atom. The van der Waals surface area contributed by atoms with Crippen molar-refractivity contribution in [1.29, 1.82) is 0 Å². The van der Waals surface area contributed by atoms with Gasteiger partial charge in [-0.3, -0.25) is 9.59 Å². The van der Waals surface area contributed by atoms with Gasteiger partial charge in [-0.1, -0.05) is 44.6 Å². The van der Waals surface area contributed by atoms with Crippen LogP contribution in [0.3, 0.4) is 0 Å². The van der Waals surface area contributed by atoms with Crippen molar-refractivity contribution in [3.8, 4) is 0 Å². The number of carboxylic acids is 2. The van der Waals surface area contributed by atoms with Gasteiger partial charge in [0.2, 0.25) is 0 Å². The third-order valence-corrected chi connectivity index (χ3v) is 4.65. The number of epoxide rings is 1. The van der Waals surface area contributed by atoms with Crippen molar-refractivity contribution in [2.45, 2.75) is 82.0 Å². The van der Waals surface area contributed by atoms with E-state index in [1.165, 1.54) is 26.0 Å². The predicted octanol–water partition coefficient (Wildman–Crippen LogP) is 3.15. The number of aliphatic hydroxyl groups is 3. The topological polar surface area (TPSA) is 185 Å². The van der Waals surface area contributed by atoms with E-state index < -0.39 is 30.4 Å². The molecule has 0 saturated carbocycles. The Balaban J connectivity index is -0.0000000632. The molecule has 39 heavy (non-hydrogen) atoms. The fraction of sp³-hybridized carbons (Fsp3) is 0.920. The van der Waals surface area contributed by atoms with E-state index in [1.807, 2.05) is 0 Å². The zero-order valence-corrected chi connectivity index (χ0v) is 20.7. The van der Waals surface area contributed by atoms with Crippen molar-refractivity contribution in [2.24, 2.45) is 0 Å². The minimum absolute atomic E-state index is 0. The van der Waals surface area contributed by atoms with Crippen LogP contribution in [0.15, 0.2) is 0 Å². The van der Waals surface area contributed by atoms with E-state index >= 15 is 0 Å². The maximum Gasteiger partial charge on any atom is 0.304 e. The van der Waals surface area contributed by atoms with Crippen molar-refractivity contribution in [1.82, 2.24) is 0 Å². The van der Waals surface area contributed by atoms with E-state index in [9.17, 15) is 19.8 Å². The lowest BCUT2D eigenvalue weighted by atomic mass is 10.4. The van der Waals surface area contributed by atoms with Crippen LogP contribution in [0.1, 0.15) is 57.4 Å². The van der Waals surface area contributed by atoms with Gasteiger partial charge in [0.05, 0.1) is 58.6 Å². The summed E-state index contributed by atoms with van der Waals surface area (Å²) in [6.07, 6.45) is -1.65. The number of methoxy groups -OCH3 is 2. The zero-order valence-electron chi connectivity index (χ0n) is 19.0. The van der Waals surface area contributed by atoms with Crippen LogP contribution in [-0.4, -0.2) is 133 Å². The van der Waals surface area contributed by atoms with Crippen LogP contribution in [-0.2, 0) is 33.3 Å².